The molecular formula is C18H38O. The van der Waals surface area contributed by atoms with Crippen LogP contribution in [0.15, 0.2) is 0 Å². The van der Waals surface area contributed by atoms with Crippen molar-refractivity contribution >= 4 is 0 Å². The van der Waals surface area contributed by atoms with Crippen molar-refractivity contribution < 1.29 is 5.11 Å². The van der Waals surface area contributed by atoms with Crippen LogP contribution in [0.4, 0.5) is 0 Å². The molecule has 0 amide bonds. The fraction of sp³-hybridized carbons (Fsp3) is 1.00. The molecule has 1 heteroatoms. The molecule has 0 aromatic rings. The SMILES string of the molecule is CCCCCCCCCCCCCCC[C@@H](O)CC. The van der Waals surface area contributed by atoms with Crippen LogP contribution in [0.2, 0.25) is 0 Å². The summed E-state index contributed by atoms with van der Waals surface area (Å²) in [6.45, 7) is 4.34. The quantitative estimate of drug-likeness (QED) is 0.349. The van der Waals surface area contributed by atoms with Crippen LogP contribution in [0.25, 0.3) is 0 Å². The molecule has 0 radical (unpaired) electrons. The Balaban J connectivity index is 2.95. The Morgan fingerprint density at radius 1 is 0.579 bits per heavy atom. The fourth-order valence-corrected chi connectivity index (χ4v) is 2.60. The third-order valence-electron chi connectivity index (χ3n) is 4.11. The largest absolute Gasteiger partial charge is 0.393 e. The summed E-state index contributed by atoms with van der Waals surface area (Å²) < 4.78 is 0. The van der Waals surface area contributed by atoms with Gasteiger partial charge in [0, 0.05) is 0 Å². The van der Waals surface area contributed by atoms with Gasteiger partial charge in [-0.05, 0) is 12.8 Å². The summed E-state index contributed by atoms with van der Waals surface area (Å²) in [6.07, 6.45) is 20.1. The van der Waals surface area contributed by atoms with E-state index in [9.17, 15) is 5.11 Å². The summed E-state index contributed by atoms with van der Waals surface area (Å²) in [6, 6.07) is 0. The summed E-state index contributed by atoms with van der Waals surface area (Å²) >= 11 is 0. The van der Waals surface area contributed by atoms with Gasteiger partial charge in [0.05, 0.1) is 6.10 Å². The molecule has 1 nitrogen and oxygen atoms in total. The van der Waals surface area contributed by atoms with Crippen molar-refractivity contribution in [3.05, 3.63) is 0 Å². The highest BCUT2D eigenvalue weighted by molar-refractivity contribution is 4.53. The van der Waals surface area contributed by atoms with Gasteiger partial charge < -0.3 is 5.11 Å². The maximum atomic E-state index is 9.44. The highest BCUT2D eigenvalue weighted by Crippen LogP contribution is 2.13. The molecule has 0 saturated heterocycles. The molecule has 116 valence electrons. The van der Waals surface area contributed by atoms with Gasteiger partial charge in [-0.2, -0.15) is 0 Å². The lowest BCUT2D eigenvalue weighted by atomic mass is 10.0. The molecule has 0 bridgehead atoms. The third-order valence-corrected chi connectivity index (χ3v) is 4.11. The van der Waals surface area contributed by atoms with E-state index in [0.717, 1.165) is 12.8 Å². The number of hydrogen-bond donors (Lipinski definition) is 1. The van der Waals surface area contributed by atoms with Gasteiger partial charge >= 0.3 is 0 Å². The van der Waals surface area contributed by atoms with Gasteiger partial charge in [-0.1, -0.05) is 97.3 Å². The Morgan fingerprint density at radius 2 is 0.947 bits per heavy atom. The second kappa shape index (κ2) is 16.0. The monoisotopic (exact) mass is 270 g/mol. The van der Waals surface area contributed by atoms with Gasteiger partial charge in [-0.3, -0.25) is 0 Å². The van der Waals surface area contributed by atoms with Crippen molar-refractivity contribution in [2.45, 2.75) is 116 Å². The summed E-state index contributed by atoms with van der Waals surface area (Å²) in [5.41, 5.74) is 0. The molecule has 1 atom stereocenters. The van der Waals surface area contributed by atoms with E-state index in [2.05, 4.69) is 13.8 Å². The maximum absolute atomic E-state index is 9.44. The normalized spacial score (nSPS) is 12.8. The first-order valence-corrected chi connectivity index (χ1v) is 8.99. The number of rotatable bonds is 15. The van der Waals surface area contributed by atoms with Crippen LogP contribution in [0.1, 0.15) is 110 Å². The van der Waals surface area contributed by atoms with Gasteiger partial charge in [0.25, 0.3) is 0 Å². The standard InChI is InChI=1S/C18H38O/c1-3-5-6-7-8-9-10-11-12-13-14-15-16-17-18(19)4-2/h18-19H,3-17H2,1-2H3/t18-/m0/s1. The van der Waals surface area contributed by atoms with E-state index in [-0.39, 0.29) is 6.10 Å². The van der Waals surface area contributed by atoms with Crippen LogP contribution < -0.4 is 0 Å². The minimum atomic E-state index is -0.0484. The highest BCUT2D eigenvalue weighted by Gasteiger charge is 1.99. The second-order valence-corrected chi connectivity index (χ2v) is 6.09. The third kappa shape index (κ3) is 15.9. The first kappa shape index (κ1) is 19.0. The molecule has 1 N–H and O–H groups in total. The van der Waals surface area contributed by atoms with Crippen molar-refractivity contribution in [3.8, 4) is 0 Å². The molecule has 0 spiro atoms. The van der Waals surface area contributed by atoms with Crippen LogP contribution in [-0.4, -0.2) is 11.2 Å². The Bertz CT molecular complexity index is 156. The van der Waals surface area contributed by atoms with Crippen LogP contribution in [0.5, 0.6) is 0 Å². The van der Waals surface area contributed by atoms with Crippen LogP contribution in [0, 0.1) is 0 Å². The molecule has 19 heavy (non-hydrogen) atoms. The zero-order valence-corrected chi connectivity index (χ0v) is 13.6. The molecule has 0 aliphatic heterocycles. The number of unbranched alkanes of at least 4 members (excludes halogenated alkanes) is 12. The van der Waals surface area contributed by atoms with Crippen molar-refractivity contribution in [2.24, 2.45) is 0 Å². The molecule has 0 aliphatic rings. The van der Waals surface area contributed by atoms with E-state index in [4.69, 9.17) is 0 Å². The van der Waals surface area contributed by atoms with Gasteiger partial charge in [-0.15, -0.1) is 0 Å². The molecular weight excluding hydrogens is 232 g/mol. The Labute approximate surface area is 122 Å². The maximum Gasteiger partial charge on any atom is 0.0537 e. The van der Waals surface area contributed by atoms with Crippen molar-refractivity contribution in [2.75, 3.05) is 0 Å². The lowest BCUT2D eigenvalue weighted by Crippen LogP contribution is -2.03. The van der Waals surface area contributed by atoms with Gasteiger partial charge in [0.2, 0.25) is 0 Å². The molecule has 0 rings (SSSR count). The number of hydrogen-bond acceptors (Lipinski definition) is 1. The second-order valence-electron chi connectivity index (χ2n) is 6.09. The summed E-state index contributed by atoms with van der Waals surface area (Å²) in [7, 11) is 0. The van der Waals surface area contributed by atoms with E-state index >= 15 is 0 Å². The Morgan fingerprint density at radius 3 is 1.32 bits per heavy atom. The fourth-order valence-electron chi connectivity index (χ4n) is 2.60. The lowest BCUT2D eigenvalue weighted by Gasteiger charge is -2.06. The van der Waals surface area contributed by atoms with E-state index in [1.165, 1.54) is 83.5 Å². The molecule has 0 saturated carbocycles. The van der Waals surface area contributed by atoms with E-state index < -0.39 is 0 Å². The topological polar surface area (TPSA) is 20.2 Å². The first-order valence-electron chi connectivity index (χ1n) is 8.99. The average Bonchev–Trinajstić information content (AvgIpc) is 2.43. The average molecular weight is 271 g/mol. The van der Waals surface area contributed by atoms with Crippen LogP contribution in [-0.2, 0) is 0 Å². The van der Waals surface area contributed by atoms with E-state index in [1.54, 1.807) is 0 Å². The minimum Gasteiger partial charge on any atom is -0.393 e. The number of aliphatic hydroxyl groups is 1. The first-order chi connectivity index (χ1) is 9.31. The van der Waals surface area contributed by atoms with Crippen molar-refractivity contribution in [1.29, 1.82) is 0 Å². The van der Waals surface area contributed by atoms with Gasteiger partial charge in [-0.25, -0.2) is 0 Å². The zero-order valence-electron chi connectivity index (χ0n) is 13.6. The summed E-state index contributed by atoms with van der Waals surface area (Å²) in [5.74, 6) is 0. The predicted octanol–water partition coefficient (Wildman–Crippen LogP) is 6.24. The van der Waals surface area contributed by atoms with Crippen molar-refractivity contribution in [1.82, 2.24) is 0 Å². The van der Waals surface area contributed by atoms with E-state index in [0.29, 0.717) is 0 Å². The predicted molar refractivity (Wildman–Crippen MR) is 86.6 cm³/mol. The molecule has 0 aromatic heterocycles. The summed E-state index contributed by atoms with van der Waals surface area (Å²) in [5, 5.41) is 9.44. The van der Waals surface area contributed by atoms with Crippen LogP contribution in [0.3, 0.4) is 0 Å². The van der Waals surface area contributed by atoms with Gasteiger partial charge in [0.15, 0.2) is 0 Å². The molecule has 0 heterocycles. The van der Waals surface area contributed by atoms with Crippen LogP contribution >= 0.6 is 0 Å². The Hall–Kier alpha value is -0.0400. The lowest BCUT2D eigenvalue weighted by molar-refractivity contribution is 0.156. The Kier molecular flexibility index (Phi) is 16.0. The highest BCUT2D eigenvalue weighted by atomic mass is 16.3. The molecule has 0 unspecified atom stereocenters. The summed E-state index contributed by atoms with van der Waals surface area (Å²) in [4.78, 5) is 0. The molecule has 0 fully saturated rings. The van der Waals surface area contributed by atoms with E-state index in [1.807, 2.05) is 0 Å². The molecule has 0 aromatic carbocycles. The minimum absolute atomic E-state index is 0.0484. The van der Waals surface area contributed by atoms with Crippen molar-refractivity contribution in [3.63, 3.8) is 0 Å². The zero-order chi connectivity index (χ0) is 14.2. The molecule has 0 aliphatic carbocycles. The number of aliphatic hydroxyl groups excluding tert-OH is 1. The van der Waals surface area contributed by atoms with Gasteiger partial charge in [0.1, 0.15) is 0 Å². The smallest absolute Gasteiger partial charge is 0.0537 e.